The summed E-state index contributed by atoms with van der Waals surface area (Å²) < 4.78 is 5.21. The summed E-state index contributed by atoms with van der Waals surface area (Å²) >= 11 is 0. The Bertz CT molecular complexity index is 533. The van der Waals surface area contributed by atoms with Crippen LogP contribution in [0.25, 0.3) is 0 Å². The number of phenols is 1. The van der Waals surface area contributed by atoms with Gasteiger partial charge in [-0.05, 0) is 44.5 Å². The molecule has 1 heterocycles. The fourth-order valence-electron chi connectivity index (χ4n) is 2.15. The first-order chi connectivity index (χ1) is 9.67. The maximum Gasteiger partial charge on any atom is 0.412 e. The lowest BCUT2D eigenvalue weighted by Crippen LogP contribution is -2.60. The van der Waals surface area contributed by atoms with E-state index in [2.05, 4.69) is 10.6 Å². The standard InChI is InChI=1S/C15H22N2O4/c1-14(2,3)21-13(19)17-12-5-4-11(18)6-10(12)7-15(20)8-16-9-15/h4-6,16,18,20H,7-9H2,1-3H3,(H,17,19). The van der Waals surface area contributed by atoms with Crippen LogP contribution in [0.2, 0.25) is 0 Å². The lowest BCUT2D eigenvalue weighted by atomic mass is 9.88. The number of aromatic hydroxyl groups is 1. The van der Waals surface area contributed by atoms with Crippen molar-refractivity contribution in [3.8, 4) is 5.75 Å². The van der Waals surface area contributed by atoms with E-state index in [0.717, 1.165) is 0 Å². The highest BCUT2D eigenvalue weighted by Gasteiger charge is 2.35. The molecule has 6 nitrogen and oxygen atoms in total. The van der Waals surface area contributed by atoms with E-state index in [4.69, 9.17) is 4.74 Å². The molecule has 1 amide bonds. The number of β-amino-alcohol motifs (C(OH)–C–C–N with tert-alkyl or cyclic N) is 1. The van der Waals surface area contributed by atoms with Gasteiger partial charge in [-0.2, -0.15) is 0 Å². The zero-order valence-corrected chi connectivity index (χ0v) is 12.6. The van der Waals surface area contributed by atoms with Gasteiger partial charge in [0.15, 0.2) is 0 Å². The molecular weight excluding hydrogens is 272 g/mol. The molecule has 1 saturated heterocycles. The highest BCUT2D eigenvalue weighted by Crippen LogP contribution is 2.27. The van der Waals surface area contributed by atoms with Crippen LogP contribution in [0.3, 0.4) is 0 Å². The van der Waals surface area contributed by atoms with Gasteiger partial charge >= 0.3 is 6.09 Å². The zero-order chi connectivity index (χ0) is 15.7. The van der Waals surface area contributed by atoms with Crippen LogP contribution in [0.5, 0.6) is 5.75 Å². The van der Waals surface area contributed by atoms with E-state index >= 15 is 0 Å². The second-order valence-corrected chi connectivity index (χ2v) is 6.47. The first-order valence-electron chi connectivity index (χ1n) is 6.92. The number of rotatable bonds is 3. The predicted octanol–water partition coefficient (Wildman–Crippen LogP) is 1.62. The van der Waals surface area contributed by atoms with Crippen molar-refractivity contribution in [1.82, 2.24) is 5.32 Å². The fourth-order valence-corrected chi connectivity index (χ4v) is 2.15. The molecule has 1 fully saturated rings. The Balaban J connectivity index is 2.13. The molecule has 1 aliphatic rings. The highest BCUT2D eigenvalue weighted by atomic mass is 16.6. The van der Waals surface area contributed by atoms with Crippen molar-refractivity contribution < 1.29 is 19.7 Å². The predicted molar refractivity (Wildman–Crippen MR) is 79.5 cm³/mol. The van der Waals surface area contributed by atoms with Gasteiger partial charge in [-0.3, -0.25) is 5.32 Å². The number of nitrogens with one attached hydrogen (secondary N) is 2. The van der Waals surface area contributed by atoms with Crippen LogP contribution in [0.4, 0.5) is 10.5 Å². The Labute approximate surface area is 124 Å². The summed E-state index contributed by atoms with van der Waals surface area (Å²) in [5, 5.41) is 25.5. The largest absolute Gasteiger partial charge is 0.508 e. The van der Waals surface area contributed by atoms with Crippen molar-refractivity contribution in [2.45, 2.75) is 38.4 Å². The molecule has 0 radical (unpaired) electrons. The number of benzene rings is 1. The number of carbonyl (C=O) groups is 1. The lowest BCUT2D eigenvalue weighted by molar-refractivity contribution is -0.00896. The maximum atomic E-state index is 11.8. The number of hydrogen-bond donors (Lipinski definition) is 4. The average Bonchev–Trinajstić information content (AvgIpc) is 2.28. The molecular formula is C15H22N2O4. The minimum absolute atomic E-state index is 0.0932. The Morgan fingerprint density at radius 2 is 2.10 bits per heavy atom. The topological polar surface area (TPSA) is 90.8 Å². The minimum atomic E-state index is -0.835. The van der Waals surface area contributed by atoms with Crippen LogP contribution in [0, 0.1) is 0 Å². The Morgan fingerprint density at radius 3 is 2.62 bits per heavy atom. The Hall–Kier alpha value is -1.79. The van der Waals surface area contributed by atoms with E-state index in [9.17, 15) is 15.0 Å². The molecule has 0 bridgehead atoms. The van der Waals surface area contributed by atoms with Gasteiger partial charge in [0, 0.05) is 25.2 Å². The second-order valence-electron chi connectivity index (χ2n) is 6.47. The third kappa shape index (κ3) is 4.34. The molecule has 0 saturated carbocycles. The number of hydrogen-bond acceptors (Lipinski definition) is 5. The maximum absolute atomic E-state index is 11.8. The van der Waals surface area contributed by atoms with Gasteiger partial charge in [0.05, 0.1) is 5.60 Å². The summed E-state index contributed by atoms with van der Waals surface area (Å²) in [6, 6.07) is 4.63. The minimum Gasteiger partial charge on any atom is -0.508 e. The number of anilines is 1. The van der Waals surface area contributed by atoms with Crippen molar-refractivity contribution in [1.29, 1.82) is 0 Å². The number of aliphatic hydroxyl groups is 1. The smallest absolute Gasteiger partial charge is 0.412 e. The number of carbonyl (C=O) groups excluding carboxylic acids is 1. The molecule has 0 unspecified atom stereocenters. The van der Waals surface area contributed by atoms with Gasteiger partial charge < -0.3 is 20.3 Å². The molecule has 21 heavy (non-hydrogen) atoms. The van der Waals surface area contributed by atoms with Crippen LogP contribution >= 0.6 is 0 Å². The molecule has 4 N–H and O–H groups in total. The van der Waals surface area contributed by atoms with Crippen LogP contribution in [0.1, 0.15) is 26.3 Å². The van der Waals surface area contributed by atoms with Gasteiger partial charge in [0.1, 0.15) is 11.4 Å². The summed E-state index contributed by atoms with van der Waals surface area (Å²) in [5.41, 5.74) is -0.220. The van der Waals surface area contributed by atoms with Crippen molar-refractivity contribution >= 4 is 11.8 Å². The molecule has 0 spiro atoms. The molecule has 116 valence electrons. The number of phenolic OH excluding ortho intramolecular Hbond substituents is 1. The molecule has 2 rings (SSSR count). The number of ether oxygens (including phenoxy) is 1. The van der Waals surface area contributed by atoms with Crippen LogP contribution in [-0.2, 0) is 11.2 Å². The third-order valence-corrected chi connectivity index (χ3v) is 3.15. The molecule has 0 atom stereocenters. The van der Waals surface area contributed by atoms with Crippen LogP contribution < -0.4 is 10.6 Å². The van der Waals surface area contributed by atoms with E-state index in [1.54, 1.807) is 32.9 Å². The van der Waals surface area contributed by atoms with Crippen molar-refractivity contribution in [2.24, 2.45) is 0 Å². The van der Waals surface area contributed by atoms with Crippen LogP contribution in [-0.4, -0.2) is 40.6 Å². The monoisotopic (exact) mass is 294 g/mol. The van der Waals surface area contributed by atoms with Gasteiger partial charge in [-0.15, -0.1) is 0 Å². The van der Waals surface area contributed by atoms with E-state index in [1.165, 1.54) is 6.07 Å². The second kappa shape index (κ2) is 5.54. The first kappa shape index (κ1) is 15.6. The highest BCUT2D eigenvalue weighted by molar-refractivity contribution is 5.86. The van der Waals surface area contributed by atoms with Crippen molar-refractivity contribution in [3.05, 3.63) is 23.8 Å². The Kier molecular flexibility index (Phi) is 4.11. The van der Waals surface area contributed by atoms with Crippen molar-refractivity contribution in [2.75, 3.05) is 18.4 Å². The molecule has 1 aromatic carbocycles. The van der Waals surface area contributed by atoms with Gasteiger partial charge in [-0.25, -0.2) is 4.79 Å². The van der Waals surface area contributed by atoms with Gasteiger partial charge in [-0.1, -0.05) is 0 Å². The van der Waals surface area contributed by atoms with E-state index in [-0.39, 0.29) is 5.75 Å². The van der Waals surface area contributed by atoms with Gasteiger partial charge in [0.25, 0.3) is 0 Å². The third-order valence-electron chi connectivity index (χ3n) is 3.15. The molecule has 6 heteroatoms. The molecule has 1 aromatic rings. The van der Waals surface area contributed by atoms with E-state index in [0.29, 0.717) is 30.8 Å². The van der Waals surface area contributed by atoms with E-state index in [1.807, 2.05) is 0 Å². The first-order valence-corrected chi connectivity index (χ1v) is 6.92. The zero-order valence-electron chi connectivity index (χ0n) is 12.6. The molecule has 1 aliphatic heterocycles. The van der Waals surface area contributed by atoms with Crippen LogP contribution in [0.15, 0.2) is 18.2 Å². The van der Waals surface area contributed by atoms with Gasteiger partial charge in [0.2, 0.25) is 0 Å². The summed E-state index contributed by atoms with van der Waals surface area (Å²) in [6.07, 6.45) is -0.215. The van der Waals surface area contributed by atoms with E-state index < -0.39 is 17.3 Å². The van der Waals surface area contributed by atoms with Crippen molar-refractivity contribution in [3.63, 3.8) is 0 Å². The normalized spacial score (nSPS) is 17.0. The summed E-state index contributed by atoms with van der Waals surface area (Å²) in [4.78, 5) is 11.8. The fraction of sp³-hybridized carbons (Fsp3) is 0.533. The Morgan fingerprint density at radius 1 is 1.43 bits per heavy atom. The lowest BCUT2D eigenvalue weighted by Gasteiger charge is -2.38. The SMILES string of the molecule is CC(C)(C)OC(=O)Nc1ccc(O)cc1CC1(O)CNC1. The number of amides is 1. The average molecular weight is 294 g/mol. The summed E-state index contributed by atoms with van der Waals surface area (Å²) in [6.45, 7) is 6.34. The molecule has 0 aliphatic carbocycles. The summed E-state index contributed by atoms with van der Waals surface area (Å²) in [7, 11) is 0. The molecule has 0 aromatic heterocycles. The summed E-state index contributed by atoms with van der Waals surface area (Å²) in [5.74, 6) is 0.0932. The quantitative estimate of drug-likeness (QED) is 0.636.